The van der Waals surface area contributed by atoms with Crippen LogP contribution in [0, 0.1) is 0 Å². The van der Waals surface area contributed by atoms with Crippen LogP contribution in [-0.4, -0.2) is 39.2 Å². The summed E-state index contributed by atoms with van der Waals surface area (Å²) in [4.78, 5) is 16.8. The summed E-state index contributed by atoms with van der Waals surface area (Å²) < 4.78 is 36.2. The molecule has 1 aromatic heterocycles. The summed E-state index contributed by atoms with van der Waals surface area (Å²) in [5, 5.41) is 5.77. The van der Waals surface area contributed by atoms with Gasteiger partial charge in [-0.25, -0.2) is 13.6 Å². The van der Waals surface area contributed by atoms with Crippen LogP contribution in [0.4, 0.5) is 0 Å². The highest BCUT2D eigenvalue weighted by molar-refractivity contribution is 7.89. The van der Waals surface area contributed by atoms with Crippen LogP contribution < -0.4 is 14.7 Å². The van der Waals surface area contributed by atoms with E-state index in [4.69, 9.17) is 26.2 Å². The van der Waals surface area contributed by atoms with Gasteiger partial charge in [0.15, 0.2) is 11.4 Å². The fourth-order valence-electron chi connectivity index (χ4n) is 2.53. The Morgan fingerprint density at radius 3 is 2.62 bits per heavy atom. The summed E-state index contributed by atoms with van der Waals surface area (Å²) >= 11 is 7.00. The lowest BCUT2D eigenvalue weighted by Crippen LogP contribution is -2.21. The number of halogens is 1. The second-order valence-corrected chi connectivity index (χ2v) is 8.96. The first-order valence-corrected chi connectivity index (χ1v) is 11.1. The first-order chi connectivity index (χ1) is 13.8. The van der Waals surface area contributed by atoms with Crippen LogP contribution in [0.5, 0.6) is 5.75 Å². The van der Waals surface area contributed by atoms with Crippen LogP contribution in [0.25, 0.3) is 10.2 Å². The SMILES string of the molecule is COCCn1c(=NC(=O)COc2ccc(Cl)cc2)sc2cc(S(N)(=O)=O)ccc21. The van der Waals surface area contributed by atoms with E-state index in [2.05, 4.69) is 4.99 Å². The first-order valence-electron chi connectivity index (χ1n) is 8.39. The lowest BCUT2D eigenvalue weighted by molar-refractivity contribution is -0.120. The Bertz CT molecular complexity index is 1200. The summed E-state index contributed by atoms with van der Waals surface area (Å²) in [6.07, 6.45) is 0. The van der Waals surface area contributed by atoms with Gasteiger partial charge < -0.3 is 14.0 Å². The molecular weight excluding hydrogens is 438 g/mol. The summed E-state index contributed by atoms with van der Waals surface area (Å²) in [6.45, 7) is 0.587. The molecule has 0 atom stereocenters. The number of methoxy groups -OCH3 is 1. The van der Waals surface area contributed by atoms with Crippen molar-refractivity contribution in [3.8, 4) is 5.75 Å². The molecule has 0 aliphatic carbocycles. The lowest BCUT2D eigenvalue weighted by Gasteiger charge is -2.05. The Kier molecular flexibility index (Phi) is 6.70. The van der Waals surface area contributed by atoms with Gasteiger partial charge in [-0.2, -0.15) is 4.99 Å². The summed E-state index contributed by atoms with van der Waals surface area (Å²) in [5.74, 6) is 0.0173. The average molecular weight is 456 g/mol. The number of fused-ring (bicyclic) bond motifs is 1. The predicted octanol–water partition coefficient (Wildman–Crippen LogP) is 2.16. The molecule has 0 aliphatic heterocycles. The summed E-state index contributed by atoms with van der Waals surface area (Å²) in [7, 11) is -2.27. The van der Waals surface area contributed by atoms with Crippen molar-refractivity contribution < 1.29 is 22.7 Å². The van der Waals surface area contributed by atoms with Crippen LogP contribution in [0.15, 0.2) is 52.4 Å². The smallest absolute Gasteiger partial charge is 0.286 e. The minimum Gasteiger partial charge on any atom is -0.484 e. The number of nitrogens with two attached hydrogens (primary N) is 1. The van der Waals surface area contributed by atoms with E-state index < -0.39 is 15.9 Å². The van der Waals surface area contributed by atoms with Crippen LogP contribution in [-0.2, 0) is 26.1 Å². The third kappa shape index (κ3) is 5.43. The van der Waals surface area contributed by atoms with Crippen molar-refractivity contribution in [1.29, 1.82) is 0 Å². The molecule has 2 N–H and O–H groups in total. The molecule has 0 aliphatic rings. The number of carbonyl (C=O) groups excluding carboxylic acids is 1. The minimum absolute atomic E-state index is 0.00547. The summed E-state index contributed by atoms with van der Waals surface area (Å²) in [6, 6.07) is 11.1. The van der Waals surface area contributed by atoms with E-state index in [1.54, 1.807) is 42.0 Å². The molecule has 1 amide bonds. The van der Waals surface area contributed by atoms with Gasteiger partial charge in [-0.05, 0) is 42.5 Å². The Morgan fingerprint density at radius 1 is 1.24 bits per heavy atom. The number of carbonyl (C=O) groups is 1. The molecule has 1 heterocycles. The summed E-state index contributed by atoms with van der Waals surface area (Å²) in [5.41, 5.74) is 0.726. The van der Waals surface area contributed by atoms with Crippen molar-refractivity contribution in [3.63, 3.8) is 0 Å². The largest absolute Gasteiger partial charge is 0.484 e. The molecule has 0 unspecified atom stereocenters. The molecule has 3 rings (SSSR count). The van der Waals surface area contributed by atoms with Crippen LogP contribution in [0.2, 0.25) is 5.02 Å². The van der Waals surface area contributed by atoms with Gasteiger partial charge in [-0.15, -0.1) is 0 Å². The lowest BCUT2D eigenvalue weighted by atomic mass is 10.3. The van der Waals surface area contributed by atoms with Crippen molar-refractivity contribution in [1.82, 2.24) is 4.57 Å². The highest BCUT2D eigenvalue weighted by Gasteiger charge is 2.13. The van der Waals surface area contributed by atoms with E-state index >= 15 is 0 Å². The minimum atomic E-state index is -3.83. The Labute approximate surface area is 176 Å². The maximum absolute atomic E-state index is 12.3. The van der Waals surface area contributed by atoms with Gasteiger partial charge in [-0.1, -0.05) is 22.9 Å². The molecule has 11 heteroatoms. The standard InChI is InChI=1S/C18H18ClN3O5S2/c1-26-9-8-22-15-7-6-14(29(20,24)25)10-16(15)28-18(22)21-17(23)11-27-13-4-2-12(19)3-5-13/h2-7,10H,8-9,11H2,1H3,(H2,20,24,25). The van der Waals surface area contributed by atoms with Crippen molar-refractivity contribution in [3.05, 3.63) is 52.3 Å². The van der Waals surface area contributed by atoms with Gasteiger partial charge in [0.05, 0.1) is 21.7 Å². The number of ether oxygens (including phenoxy) is 2. The van der Waals surface area contributed by atoms with E-state index in [0.29, 0.717) is 33.4 Å². The molecule has 0 bridgehead atoms. The van der Waals surface area contributed by atoms with E-state index in [9.17, 15) is 13.2 Å². The number of benzene rings is 2. The van der Waals surface area contributed by atoms with Gasteiger partial charge in [0.25, 0.3) is 5.91 Å². The van der Waals surface area contributed by atoms with Gasteiger partial charge >= 0.3 is 0 Å². The van der Waals surface area contributed by atoms with E-state index in [-0.39, 0.29) is 11.5 Å². The molecule has 0 saturated heterocycles. The highest BCUT2D eigenvalue weighted by Crippen LogP contribution is 2.21. The molecule has 154 valence electrons. The molecule has 0 fully saturated rings. The Hall–Kier alpha value is -2.24. The predicted molar refractivity (Wildman–Crippen MR) is 111 cm³/mol. The molecular formula is C18H18ClN3O5S2. The number of sulfonamides is 1. The molecule has 8 nitrogen and oxygen atoms in total. The maximum Gasteiger partial charge on any atom is 0.286 e. The number of aromatic nitrogens is 1. The van der Waals surface area contributed by atoms with Gasteiger partial charge in [0, 0.05) is 18.7 Å². The molecule has 0 radical (unpaired) electrons. The fourth-order valence-corrected chi connectivity index (χ4v) is 4.38. The fraction of sp³-hybridized carbons (Fsp3) is 0.222. The first kappa shape index (κ1) is 21.5. The second kappa shape index (κ2) is 9.06. The quantitative estimate of drug-likeness (QED) is 0.586. The van der Waals surface area contributed by atoms with Crippen LogP contribution in [0.3, 0.4) is 0 Å². The zero-order valence-corrected chi connectivity index (χ0v) is 17.8. The third-order valence-electron chi connectivity index (χ3n) is 3.90. The molecule has 29 heavy (non-hydrogen) atoms. The average Bonchev–Trinajstić information content (AvgIpc) is 3.01. The number of amides is 1. The van der Waals surface area contributed by atoms with E-state index in [1.165, 1.54) is 23.5 Å². The maximum atomic E-state index is 12.3. The molecule has 0 saturated carbocycles. The number of nitrogens with zero attached hydrogens (tertiary/aromatic N) is 2. The van der Waals surface area contributed by atoms with Crippen LogP contribution >= 0.6 is 22.9 Å². The number of rotatable bonds is 7. The van der Waals surface area contributed by atoms with Crippen molar-refractivity contribution >= 4 is 49.1 Å². The van der Waals surface area contributed by atoms with Gasteiger partial charge in [0.1, 0.15) is 5.75 Å². The number of primary sulfonamides is 1. The third-order valence-corrected chi connectivity index (χ3v) is 6.10. The Balaban J connectivity index is 1.92. The topological polar surface area (TPSA) is 113 Å². The zero-order chi connectivity index (χ0) is 21.0. The van der Waals surface area contributed by atoms with Crippen molar-refractivity contribution in [2.75, 3.05) is 20.3 Å². The number of thiazole rings is 1. The van der Waals surface area contributed by atoms with Gasteiger partial charge in [-0.3, -0.25) is 4.79 Å². The van der Waals surface area contributed by atoms with Gasteiger partial charge in [0.2, 0.25) is 10.0 Å². The molecule has 0 spiro atoms. The van der Waals surface area contributed by atoms with E-state index in [0.717, 1.165) is 5.52 Å². The number of hydrogen-bond donors (Lipinski definition) is 1. The van der Waals surface area contributed by atoms with Crippen molar-refractivity contribution in [2.24, 2.45) is 10.1 Å². The van der Waals surface area contributed by atoms with Crippen LogP contribution in [0.1, 0.15) is 0 Å². The second-order valence-electron chi connectivity index (χ2n) is 5.95. The Morgan fingerprint density at radius 2 is 1.97 bits per heavy atom. The van der Waals surface area contributed by atoms with E-state index in [1.807, 2.05) is 0 Å². The van der Waals surface area contributed by atoms with Crippen molar-refractivity contribution in [2.45, 2.75) is 11.4 Å². The molecule has 2 aromatic carbocycles. The normalized spacial score (nSPS) is 12.4. The monoisotopic (exact) mass is 455 g/mol. The highest BCUT2D eigenvalue weighted by atomic mass is 35.5. The number of hydrogen-bond acceptors (Lipinski definition) is 6. The molecule has 3 aromatic rings. The zero-order valence-electron chi connectivity index (χ0n) is 15.4.